The van der Waals surface area contributed by atoms with Crippen LogP contribution in [0.25, 0.3) is 5.57 Å². The molecule has 0 aliphatic carbocycles. The average Bonchev–Trinajstić information content (AvgIpc) is 3.07. The van der Waals surface area contributed by atoms with Crippen molar-refractivity contribution in [1.29, 1.82) is 5.26 Å². The molecule has 38 heavy (non-hydrogen) atoms. The van der Waals surface area contributed by atoms with E-state index in [1.165, 1.54) is 5.57 Å². The number of rotatable bonds is 5. The number of anilines is 3. The van der Waals surface area contributed by atoms with Crippen LogP contribution in [0.2, 0.25) is 0 Å². The van der Waals surface area contributed by atoms with E-state index >= 15 is 0 Å². The van der Waals surface area contributed by atoms with Crippen LogP contribution in [0.15, 0.2) is 72.3 Å². The van der Waals surface area contributed by atoms with E-state index in [9.17, 15) is 14.9 Å². The molecule has 0 unspecified atom stereocenters. The number of piperidine rings is 1. The van der Waals surface area contributed by atoms with Gasteiger partial charge in [-0.2, -0.15) is 5.26 Å². The number of para-hydroxylation sites is 1. The van der Waals surface area contributed by atoms with Gasteiger partial charge in [0.05, 0.1) is 11.3 Å². The first kappa shape index (κ1) is 25.3. The Hall–Kier alpha value is -4.37. The Morgan fingerprint density at radius 1 is 0.974 bits per heavy atom. The summed E-state index contributed by atoms with van der Waals surface area (Å²) in [7, 11) is 0. The Labute approximate surface area is 224 Å². The monoisotopic (exact) mass is 504 g/mol. The summed E-state index contributed by atoms with van der Waals surface area (Å²) in [5.41, 5.74) is 8.07. The van der Waals surface area contributed by atoms with Crippen LogP contribution < -0.4 is 15.5 Å². The molecule has 0 radical (unpaired) electrons. The third-order valence-electron chi connectivity index (χ3n) is 7.69. The number of hydrogen-bond donors (Lipinski definition) is 2. The fourth-order valence-electron chi connectivity index (χ4n) is 5.58. The third-order valence-corrected chi connectivity index (χ3v) is 7.69. The molecule has 2 amide bonds. The van der Waals surface area contributed by atoms with Gasteiger partial charge in [0, 0.05) is 41.5 Å². The van der Waals surface area contributed by atoms with Gasteiger partial charge in [-0.15, -0.1) is 0 Å². The predicted molar refractivity (Wildman–Crippen MR) is 152 cm³/mol. The topological polar surface area (TPSA) is 85.2 Å². The molecule has 5 rings (SSSR count). The van der Waals surface area contributed by atoms with E-state index in [0.717, 1.165) is 66.8 Å². The maximum absolute atomic E-state index is 13.0. The molecule has 0 aromatic heterocycles. The third kappa shape index (κ3) is 4.80. The number of hydrogen-bond acceptors (Lipinski definition) is 4. The highest BCUT2D eigenvalue weighted by atomic mass is 16.2. The summed E-state index contributed by atoms with van der Waals surface area (Å²) in [6.07, 6.45) is 3.22. The van der Waals surface area contributed by atoms with Crippen LogP contribution in [-0.4, -0.2) is 24.9 Å². The molecule has 0 atom stereocenters. The summed E-state index contributed by atoms with van der Waals surface area (Å²) in [5.74, 6) is -0.118. The van der Waals surface area contributed by atoms with Gasteiger partial charge in [0.1, 0.15) is 6.07 Å². The van der Waals surface area contributed by atoms with Crippen LogP contribution in [0.1, 0.15) is 66.6 Å². The normalized spacial score (nSPS) is 14.8. The van der Waals surface area contributed by atoms with Crippen LogP contribution >= 0.6 is 0 Å². The highest BCUT2D eigenvalue weighted by molar-refractivity contribution is 6.13. The van der Waals surface area contributed by atoms with Gasteiger partial charge < -0.3 is 15.5 Å². The first-order valence-electron chi connectivity index (χ1n) is 13.4. The highest BCUT2D eigenvalue weighted by Crippen LogP contribution is 2.40. The number of nitrogens with one attached hydrogen (secondary N) is 2. The molecule has 0 saturated carbocycles. The van der Waals surface area contributed by atoms with Crippen molar-refractivity contribution in [2.24, 2.45) is 5.92 Å². The van der Waals surface area contributed by atoms with Crippen molar-refractivity contribution in [3.63, 3.8) is 0 Å². The van der Waals surface area contributed by atoms with Gasteiger partial charge >= 0.3 is 0 Å². The Morgan fingerprint density at radius 3 is 2.32 bits per heavy atom. The molecule has 1 fully saturated rings. The van der Waals surface area contributed by atoms with Crippen molar-refractivity contribution in [2.45, 2.75) is 39.5 Å². The summed E-state index contributed by atoms with van der Waals surface area (Å²) < 4.78 is 0. The smallest absolute Gasteiger partial charge is 0.256 e. The van der Waals surface area contributed by atoms with Crippen molar-refractivity contribution in [1.82, 2.24) is 0 Å². The Kier molecular flexibility index (Phi) is 7.28. The average molecular weight is 505 g/mol. The van der Waals surface area contributed by atoms with Gasteiger partial charge in [-0.1, -0.05) is 55.8 Å². The van der Waals surface area contributed by atoms with Crippen LogP contribution in [0.4, 0.5) is 17.1 Å². The Morgan fingerprint density at radius 2 is 1.63 bits per heavy atom. The minimum Gasteiger partial charge on any atom is -0.370 e. The van der Waals surface area contributed by atoms with Gasteiger partial charge in [0.2, 0.25) is 5.91 Å². The maximum atomic E-state index is 13.0. The zero-order valence-corrected chi connectivity index (χ0v) is 21.9. The molecule has 6 heteroatoms. The number of nitriles is 1. The predicted octanol–water partition coefficient (Wildman–Crippen LogP) is 6.60. The summed E-state index contributed by atoms with van der Waals surface area (Å²) in [5, 5.41) is 16.0. The van der Waals surface area contributed by atoms with Crippen molar-refractivity contribution >= 4 is 34.4 Å². The van der Waals surface area contributed by atoms with E-state index in [-0.39, 0.29) is 17.7 Å². The zero-order valence-electron chi connectivity index (χ0n) is 21.9. The number of nitrogens with zero attached hydrogens (tertiary/aromatic N) is 2. The molecule has 0 bridgehead atoms. The van der Waals surface area contributed by atoms with Crippen molar-refractivity contribution < 1.29 is 9.59 Å². The second-order valence-corrected chi connectivity index (χ2v) is 9.86. The van der Waals surface area contributed by atoms with Crippen LogP contribution in [0.5, 0.6) is 0 Å². The molecule has 192 valence electrons. The van der Waals surface area contributed by atoms with Gasteiger partial charge in [0.25, 0.3) is 5.91 Å². The Balaban J connectivity index is 1.43. The molecule has 2 aliphatic rings. The molecule has 3 aromatic carbocycles. The highest BCUT2D eigenvalue weighted by Gasteiger charge is 2.27. The van der Waals surface area contributed by atoms with E-state index in [2.05, 4.69) is 27.7 Å². The molecule has 2 heterocycles. The number of amides is 2. The quantitative estimate of drug-likeness (QED) is 0.410. The van der Waals surface area contributed by atoms with Gasteiger partial charge in [-0.25, -0.2) is 0 Å². The molecule has 2 N–H and O–H groups in total. The first-order chi connectivity index (χ1) is 18.5. The van der Waals surface area contributed by atoms with Crippen molar-refractivity contribution in [2.75, 3.05) is 28.6 Å². The standard InChI is InChI=1S/C32H32N4O2/c1-3-21(4-2)31(37)34-24-13-14-29(23(19-24)20-33)36-17-15-22(16-18-36)30-25-9-5-6-10-26(25)32(38)35-28-12-8-7-11-27(28)30/h5-14,19,21H,3-4,15-18H2,1-2H3,(H,34,37)(H,35,38). The molecule has 3 aromatic rings. The number of carbonyl (C=O) groups is 2. The summed E-state index contributed by atoms with van der Waals surface area (Å²) >= 11 is 0. The molecule has 1 saturated heterocycles. The van der Waals surface area contributed by atoms with E-state index < -0.39 is 0 Å². The lowest BCUT2D eigenvalue weighted by Gasteiger charge is -2.33. The summed E-state index contributed by atoms with van der Waals surface area (Å²) in [6, 6.07) is 23.7. The minimum atomic E-state index is -0.0869. The van der Waals surface area contributed by atoms with Crippen LogP contribution in [0.3, 0.4) is 0 Å². The SMILES string of the molecule is CCC(CC)C(=O)Nc1ccc(N2CCC(=C3c4ccccc4NC(=O)c4ccccc43)CC2)c(C#N)c1. The molecular formula is C32H32N4O2. The maximum Gasteiger partial charge on any atom is 0.256 e. The van der Waals surface area contributed by atoms with Gasteiger partial charge in [-0.3, -0.25) is 9.59 Å². The van der Waals surface area contributed by atoms with Crippen molar-refractivity contribution in [3.05, 3.63) is 94.6 Å². The largest absolute Gasteiger partial charge is 0.370 e. The molecule has 2 aliphatic heterocycles. The molecule has 0 spiro atoms. The second-order valence-electron chi connectivity index (χ2n) is 9.86. The minimum absolute atomic E-state index is 0.00202. The van der Waals surface area contributed by atoms with Crippen molar-refractivity contribution in [3.8, 4) is 6.07 Å². The molecular weight excluding hydrogens is 472 g/mol. The van der Waals surface area contributed by atoms with E-state index in [4.69, 9.17) is 0 Å². The summed E-state index contributed by atoms with van der Waals surface area (Å²) in [6.45, 7) is 5.55. The van der Waals surface area contributed by atoms with E-state index in [0.29, 0.717) is 16.8 Å². The zero-order chi connectivity index (χ0) is 26.6. The number of benzene rings is 3. The lowest BCUT2D eigenvalue weighted by atomic mass is 9.86. The van der Waals surface area contributed by atoms with Crippen LogP contribution in [-0.2, 0) is 4.79 Å². The fourth-order valence-corrected chi connectivity index (χ4v) is 5.58. The lowest BCUT2D eigenvalue weighted by Crippen LogP contribution is -2.31. The van der Waals surface area contributed by atoms with Gasteiger partial charge in [0.15, 0.2) is 0 Å². The Bertz CT molecular complexity index is 1450. The van der Waals surface area contributed by atoms with Gasteiger partial charge in [-0.05, 0) is 67.2 Å². The first-order valence-corrected chi connectivity index (χ1v) is 13.4. The van der Waals surface area contributed by atoms with Crippen LogP contribution in [0, 0.1) is 17.2 Å². The fraction of sp³-hybridized carbons (Fsp3) is 0.281. The molecule has 6 nitrogen and oxygen atoms in total. The number of carbonyl (C=O) groups excluding carboxylic acids is 2. The second kappa shape index (κ2) is 10.9. The van der Waals surface area contributed by atoms with E-state index in [1.54, 1.807) is 6.07 Å². The number of fused-ring (bicyclic) bond motifs is 2. The lowest BCUT2D eigenvalue weighted by molar-refractivity contribution is -0.120. The summed E-state index contributed by atoms with van der Waals surface area (Å²) in [4.78, 5) is 27.7. The van der Waals surface area contributed by atoms with E-state index in [1.807, 2.05) is 68.4 Å².